The molecule has 0 spiro atoms. The first-order valence-electron chi connectivity index (χ1n) is 9.27. The SMILES string of the molecule is C.C.C.C.O=P([O-])(c1ccccc1)c1ccccc1.O=P([O-])(c1ccccc1)c1ccccc1.[Sn+2].[Sn+2]. The van der Waals surface area contributed by atoms with Gasteiger partial charge in [-0.1, -0.05) is 151 Å². The number of hydrogen-bond acceptors (Lipinski definition) is 4. The summed E-state index contributed by atoms with van der Waals surface area (Å²) in [5.41, 5.74) is 0. The van der Waals surface area contributed by atoms with E-state index in [2.05, 4.69) is 0 Å². The summed E-state index contributed by atoms with van der Waals surface area (Å²) in [6.07, 6.45) is 0. The molecule has 36 heavy (non-hydrogen) atoms. The Morgan fingerprint density at radius 2 is 0.500 bits per heavy atom. The summed E-state index contributed by atoms with van der Waals surface area (Å²) in [6, 6.07) is 33.9. The van der Waals surface area contributed by atoms with Gasteiger partial charge in [-0.15, -0.1) is 0 Å². The van der Waals surface area contributed by atoms with Gasteiger partial charge in [0, 0.05) is 21.2 Å². The van der Waals surface area contributed by atoms with Crippen molar-refractivity contribution in [1.29, 1.82) is 0 Å². The van der Waals surface area contributed by atoms with E-state index in [-0.39, 0.29) is 77.5 Å². The fourth-order valence-electron chi connectivity index (χ4n) is 2.80. The van der Waals surface area contributed by atoms with Gasteiger partial charge in [0.05, 0.1) is 14.7 Å². The van der Waals surface area contributed by atoms with E-state index in [9.17, 15) is 18.9 Å². The van der Waals surface area contributed by atoms with Crippen molar-refractivity contribution < 1.29 is 18.9 Å². The predicted molar refractivity (Wildman–Crippen MR) is 158 cm³/mol. The van der Waals surface area contributed by atoms with Crippen LogP contribution in [0.3, 0.4) is 0 Å². The van der Waals surface area contributed by atoms with Crippen molar-refractivity contribution in [3.05, 3.63) is 121 Å². The van der Waals surface area contributed by atoms with Crippen molar-refractivity contribution in [2.45, 2.75) is 29.7 Å². The molecule has 0 atom stereocenters. The van der Waals surface area contributed by atoms with E-state index in [1.54, 1.807) is 121 Å². The molecule has 0 saturated carbocycles. The fourth-order valence-corrected chi connectivity index (χ4v) is 5.65. The average molecular weight is 736 g/mol. The maximum atomic E-state index is 12.1. The van der Waals surface area contributed by atoms with Crippen molar-refractivity contribution in [1.82, 2.24) is 0 Å². The molecule has 0 aliphatic carbocycles. The molecule has 0 aliphatic heterocycles. The molecular formula is C28H36O4P2Sn2+2. The topological polar surface area (TPSA) is 80.3 Å². The Balaban J connectivity index is -0.000000244. The third-order valence-corrected chi connectivity index (χ3v) is 8.30. The Morgan fingerprint density at radius 1 is 0.361 bits per heavy atom. The molecule has 4 aromatic carbocycles. The zero-order valence-electron chi connectivity index (χ0n) is 17.1. The van der Waals surface area contributed by atoms with Crippen molar-refractivity contribution >= 4 is 83.8 Å². The Labute approximate surface area is 252 Å². The molecule has 0 aliphatic rings. The standard InChI is InChI=1S/2C12H11O2P.4CH4.2Sn/c2*13-15(14,11-7-3-1-4-8-11)12-9-5-2-6-10-12;;;;;;/h2*1-10H,(H,13,14);4*1H4;;/q;;;;;;2*+2/p-2. The van der Waals surface area contributed by atoms with Crippen LogP contribution in [0.2, 0.25) is 0 Å². The minimum atomic E-state index is -3.65. The molecule has 0 bridgehead atoms. The third-order valence-electron chi connectivity index (χ3n) is 4.38. The molecule has 0 heterocycles. The van der Waals surface area contributed by atoms with Crippen LogP contribution in [0.15, 0.2) is 121 Å². The predicted octanol–water partition coefficient (Wildman–Crippen LogP) is 4.33. The molecule has 0 N–H and O–H groups in total. The van der Waals surface area contributed by atoms with E-state index in [0.717, 1.165) is 0 Å². The van der Waals surface area contributed by atoms with Crippen molar-refractivity contribution in [3.63, 3.8) is 0 Å². The van der Waals surface area contributed by atoms with Crippen molar-refractivity contribution in [2.24, 2.45) is 0 Å². The molecular weight excluding hydrogens is 700 g/mol. The van der Waals surface area contributed by atoms with Crippen LogP contribution in [0.25, 0.3) is 0 Å². The van der Waals surface area contributed by atoms with Crippen LogP contribution in [0.4, 0.5) is 0 Å². The van der Waals surface area contributed by atoms with Gasteiger partial charge in [-0.25, -0.2) is 0 Å². The van der Waals surface area contributed by atoms with E-state index in [0.29, 0.717) is 21.2 Å². The van der Waals surface area contributed by atoms with Gasteiger partial charge in [-0.05, 0) is 0 Å². The maximum absolute atomic E-state index is 12.1. The summed E-state index contributed by atoms with van der Waals surface area (Å²) in [6.45, 7) is 0. The molecule has 188 valence electrons. The Morgan fingerprint density at radius 3 is 0.639 bits per heavy atom. The van der Waals surface area contributed by atoms with Crippen LogP contribution in [0.5, 0.6) is 0 Å². The summed E-state index contributed by atoms with van der Waals surface area (Å²) in [7, 11) is -7.29. The van der Waals surface area contributed by atoms with Gasteiger partial charge in [-0.3, -0.25) is 0 Å². The first-order valence-corrected chi connectivity index (χ1v) is 12.5. The molecule has 4 rings (SSSR count). The molecule has 8 heteroatoms. The van der Waals surface area contributed by atoms with Crippen LogP contribution in [-0.2, 0) is 9.13 Å². The van der Waals surface area contributed by atoms with Gasteiger partial charge >= 0.3 is 47.8 Å². The van der Waals surface area contributed by atoms with Gasteiger partial charge in [0.1, 0.15) is 0 Å². The van der Waals surface area contributed by atoms with Crippen LogP contribution >= 0.6 is 14.7 Å². The van der Waals surface area contributed by atoms with Crippen LogP contribution in [-0.4, -0.2) is 47.8 Å². The second-order valence-electron chi connectivity index (χ2n) is 6.45. The second kappa shape index (κ2) is 19.9. The fraction of sp³-hybridized carbons (Fsp3) is 0.143. The van der Waals surface area contributed by atoms with Gasteiger partial charge < -0.3 is 18.9 Å². The monoisotopic (exact) mass is 738 g/mol. The quantitative estimate of drug-likeness (QED) is 0.231. The van der Waals surface area contributed by atoms with Gasteiger partial charge in [-0.2, -0.15) is 0 Å². The summed E-state index contributed by atoms with van der Waals surface area (Å²) < 4.78 is 24.1. The van der Waals surface area contributed by atoms with Crippen LogP contribution in [0.1, 0.15) is 29.7 Å². The Hall–Kier alpha value is -1.14. The normalized spacial score (nSPS) is 9.39. The minimum Gasteiger partial charge on any atom is -0.793 e. The summed E-state index contributed by atoms with van der Waals surface area (Å²) >= 11 is 0. The van der Waals surface area contributed by atoms with E-state index < -0.39 is 14.7 Å². The Bertz CT molecular complexity index is 979. The van der Waals surface area contributed by atoms with Crippen molar-refractivity contribution in [2.75, 3.05) is 0 Å². The molecule has 0 amide bonds. The van der Waals surface area contributed by atoms with Crippen LogP contribution < -0.4 is 31.0 Å². The number of hydrogen-bond donors (Lipinski definition) is 0. The van der Waals surface area contributed by atoms with Gasteiger partial charge in [0.15, 0.2) is 0 Å². The molecule has 4 nitrogen and oxygen atoms in total. The summed E-state index contributed by atoms with van der Waals surface area (Å²) in [5.74, 6) is 0. The summed E-state index contributed by atoms with van der Waals surface area (Å²) in [4.78, 5) is 24.1. The molecule has 4 radical (unpaired) electrons. The molecule has 0 aromatic heterocycles. The average Bonchev–Trinajstić information content (AvgIpc) is 2.82. The second-order valence-corrected chi connectivity index (χ2v) is 10.7. The van der Waals surface area contributed by atoms with E-state index >= 15 is 0 Å². The first kappa shape index (κ1) is 42.0. The Kier molecular flexibility index (Phi) is 23.2. The molecule has 0 fully saturated rings. The van der Waals surface area contributed by atoms with Crippen molar-refractivity contribution in [3.8, 4) is 0 Å². The maximum Gasteiger partial charge on any atom is 2.00 e. The third kappa shape index (κ3) is 11.1. The zero-order valence-corrected chi connectivity index (χ0v) is 24.6. The largest absolute Gasteiger partial charge is 2.00 e. The van der Waals surface area contributed by atoms with E-state index in [4.69, 9.17) is 0 Å². The smallest absolute Gasteiger partial charge is 0.793 e. The first-order chi connectivity index (χ1) is 14.4. The summed E-state index contributed by atoms with van der Waals surface area (Å²) in [5, 5.41) is 1.43. The minimum absolute atomic E-state index is 0. The molecule has 4 aromatic rings. The van der Waals surface area contributed by atoms with E-state index in [1.807, 2.05) is 0 Å². The van der Waals surface area contributed by atoms with E-state index in [1.165, 1.54) is 0 Å². The van der Waals surface area contributed by atoms with Gasteiger partial charge in [0.2, 0.25) is 0 Å². The molecule has 0 unspecified atom stereocenters. The number of benzene rings is 4. The molecule has 0 saturated heterocycles. The van der Waals surface area contributed by atoms with Crippen LogP contribution in [0, 0.1) is 0 Å². The number of rotatable bonds is 4. The van der Waals surface area contributed by atoms with Gasteiger partial charge in [0.25, 0.3) is 0 Å². The zero-order chi connectivity index (χ0) is 21.5.